The maximum absolute atomic E-state index is 12.4. The first kappa shape index (κ1) is 21.9. The van der Waals surface area contributed by atoms with E-state index in [-0.39, 0.29) is 30.2 Å². The lowest BCUT2D eigenvalue weighted by Crippen LogP contribution is -2.32. The molecule has 10 nitrogen and oxygen atoms in total. The van der Waals surface area contributed by atoms with Gasteiger partial charge >= 0.3 is 0 Å². The molecule has 0 aliphatic heterocycles. The zero-order chi connectivity index (χ0) is 23.2. The van der Waals surface area contributed by atoms with E-state index in [0.29, 0.717) is 18.1 Å². The van der Waals surface area contributed by atoms with E-state index in [1.807, 2.05) is 38.1 Å². The van der Waals surface area contributed by atoms with Crippen molar-refractivity contribution in [3.8, 4) is 22.8 Å². The summed E-state index contributed by atoms with van der Waals surface area (Å²) in [6.07, 6.45) is 3.43. The molecule has 33 heavy (non-hydrogen) atoms. The quantitative estimate of drug-likeness (QED) is 0.441. The standard InChI is InChI=1S/C23H23N7O3/c1-3-33-18-6-4-17(5-7-18)19-9-11-22(31)30(28-19)15-13-25-23(32)20-8-10-21(27-26-20)29-14-12-24-16(29)2/h4-12,14H,3,13,15H2,1-2H3,(H,25,32). The van der Waals surface area contributed by atoms with E-state index < -0.39 is 0 Å². The lowest BCUT2D eigenvalue weighted by atomic mass is 10.1. The van der Waals surface area contributed by atoms with Crippen LogP contribution in [0.4, 0.5) is 0 Å². The number of aromatic nitrogens is 6. The van der Waals surface area contributed by atoms with Crippen molar-refractivity contribution in [3.63, 3.8) is 0 Å². The Hall–Kier alpha value is -4.34. The summed E-state index contributed by atoms with van der Waals surface area (Å²) in [5.74, 6) is 1.73. The second-order valence-electron chi connectivity index (χ2n) is 7.11. The molecular formula is C23H23N7O3. The smallest absolute Gasteiger partial charge is 0.271 e. The third-order valence-corrected chi connectivity index (χ3v) is 4.89. The molecule has 1 aromatic carbocycles. The Morgan fingerprint density at radius 3 is 2.55 bits per heavy atom. The molecule has 4 rings (SSSR count). The normalized spacial score (nSPS) is 10.7. The fourth-order valence-corrected chi connectivity index (χ4v) is 3.21. The van der Waals surface area contributed by atoms with Gasteiger partial charge in [0, 0.05) is 30.6 Å². The number of nitrogens with one attached hydrogen (secondary N) is 1. The molecule has 0 radical (unpaired) electrons. The minimum absolute atomic E-state index is 0.181. The van der Waals surface area contributed by atoms with Gasteiger partial charge in [-0.3, -0.25) is 14.2 Å². The lowest BCUT2D eigenvalue weighted by molar-refractivity contribution is 0.0945. The largest absolute Gasteiger partial charge is 0.494 e. The molecular weight excluding hydrogens is 422 g/mol. The Kier molecular flexibility index (Phi) is 6.53. The van der Waals surface area contributed by atoms with Crippen LogP contribution in [0.5, 0.6) is 5.75 Å². The average Bonchev–Trinajstić information content (AvgIpc) is 3.27. The maximum atomic E-state index is 12.4. The number of benzene rings is 1. The molecule has 0 aliphatic carbocycles. The molecule has 0 aliphatic rings. The first-order valence-electron chi connectivity index (χ1n) is 10.5. The zero-order valence-electron chi connectivity index (χ0n) is 18.3. The molecule has 0 fully saturated rings. The molecule has 1 N–H and O–H groups in total. The Bertz CT molecular complexity index is 1290. The van der Waals surface area contributed by atoms with Gasteiger partial charge < -0.3 is 10.1 Å². The van der Waals surface area contributed by atoms with Crippen molar-refractivity contribution >= 4 is 5.91 Å². The average molecular weight is 445 g/mol. The highest BCUT2D eigenvalue weighted by Crippen LogP contribution is 2.19. The van der Waals surface area contributed by atoms with Crippen LogP contribution in [0.15, 0.2) is 65.7 Å². The molecule has 1 amide bonds. The van der Waals surface area contributed by atoms with Crippen molar-refractivity contribution < 1.29 is 9.53 Å². The molecule has 3 heterocycles. The number of carbonyl (C=O) groups is 1. The Balaban J connectivity index is 1.38. The van der Waals surface area contributed by atoms with Gasteiger partial charge in [-0.1, -0.05) is 0 Å². The monoisotopic (exact) mass is 445 g/mol. The predicted molar refractivity (Wildman–Crippen MR) is 121 cm³/mol. The van der Waals surface area contributed by atoms with Crippen LogP contribution in [0.25, 0.3) is 17.1 Å². The van der Waals surface area contributed by atoms with Gasteiger partial charge in [-0.25, -0.2) is 9.67 Å². The van der Waals surface area contributed by atoms with Gasteiger partial charge in [0.05, 0.1) is 18.8 Å². The van der Waals surface area contributed by atoms with Gasteiger partial charge in [0.15, 0.2) is 11.5 Å². The molecule has 10 heteroatoms. The number of hydrogen-bond donors (Lipinski definition) is 1. The van der Waals surface area contributed by atoms with Crippen molar-refractivity contribution in [2.24, 2.45) is 0 Å². The summed E-state index contributed by atoms with van der Waals surface area (Å²) in [5, 5.41) is 15.2. The zero-order valence-corrected chi connectivity index (χ0v) is 18.3. The number of rotatable bonds is 8. The SMILES string of the molecule is CCOc1ccc(-c2ccc(=O)n(CCNC(=O)c3ccc(-n4ccnc4C)nn3)n2)cc1. The van der Waals surface area contributed by atoms with E-state index >= 15 is 0 Å². The van der Waals surface area contributed by atoms with Crippen LogP contribution >= 0.6 is 0 Å². The third-order valence-electron chi connectivity index (χ3n) is 4.89. The van der Waals surface area contributed by atoms with Gasteiger partial charge in [0.25, 0.3) is 11.5 Å². The molecule has 0 bridgehead atoms. The van der Waals surface area contributed by atoms with E-state index in [1.165, 1.54) is 10.7 Å². The van der Waals surface area contributed by atoms with Crippen LogP contribution < -0.4 is 15.6 Å². The Labute approximate surface area is 189 Å². The van der Waals surface area contributed by atoms with E-state index in [4.69, 9.17) is 4.74 Å². The minimum atomic E-state index is -0.382. The molecule has 0 unspecified atom stereocenters. The molecule has 3 aromatic heterocycles. The van der Waals surface area contributed by atoms with Gasteiger partial charge in [0.1, 0.15) is 11.6 Å². The Morgan fingerprint density at radius 1 is 1.06 bits per heavy atom. The lowest BCUT2D eigenvalue weighted by Gasteiger charge is -2.09. The van der Waals surface area contributed by atoms with Crippen LogP contribution in [0, 0.1) is 6.92 Å². The van der Waals surface area contributed by atoms with Crippen molar-refractivity contribution in [2.45, 2.75) is 20.4 Å². The number of amides is 1. The van der Waals surface area contributed by atoms with Crippen LogP contribution in [-0.4, -0.2) is 48.6 Å². The fourth-order valence-electron chi connectivity index (χ4n) is 3.21. The summed E-state index contributed by atoms with van der Waals surface area (Å²) in [6.45, 7) is 4.79. The summed E-state index contributed by atoms with van der Waals surface area (Å²) in [5.41, 5.74) is 1.44. The number of aryl methyl sites for hydroxylation is 1. The molecule has 4 aromatic rings. The Morgan fingerprint density at radius 2 is 1.88 bits per heavy atom. The van der Waals surface area contributed by atoms with Crippen molar-refractivity contribution in [3.05, 3.63) is 82.8 Å². The number of imidazole rings is 1. The maximum Gasteiger partial charge on any atom is 0.271 e. The van der Waals surface area contributed by atoms with Gasteiger partial charge in [0.2, 0.25) is 0 Å². The molecule has 0 saturated heterocycles. The number of hydrogen-bond acceptors (Lipinski definition) is 7. The van der Waals surface area contributed by atoms with Gasteiger partial charge in [-0.2, -0.15) is 5.10 Å². The van der Waals surface area contributed by atoms with Gasteiger partial charge in [-0.05, 0) is 56.3 Å². The number of carbonyl (C=O) groups excluding carboxylic acids is 1. The second-order valence-corrected chi connectivity index (χ2v) is 7.11. The van der Waals surface area contributed by atoms with E-state index in [0.717, 1.165) is 17.1 Å². The highest BCUT2D eigenvalue weighted by Gasteiger charge is 2.10. The summed E-state index contributed by atoms with van der Waals surface area (Å²) in [4.78, 5) is 28.7. The minimum Gasteiger partial charge on any atom is -0.494 e. The highest BCUT2D eigenvalue weighted by molar-refractivity contribution is 5.92. The van der Waals surface area contributed by atoms with E-state index in [2.05, 4.69) is 25.6 Å². The number of ether oxygens (including phenoxy) is 1. The highest BCUT2D eigenvalue weighted by atomic mass is 16.5. The second kappa shape index (κ2) is 9.86. The summed E-state index contributed by atoms with van der Waals surface area (Å²) >= 11 is 0. The van der Waals surface area contributed by atoms with Crippen molar-refractivity contribution in [1.82, 2.24) is 34.8 Å². The van der Waals surface area contributed by atoms with Crippen LogP contribution in [0.2, 0.25) is 0 Å². The third kappa shape index (κ3) is 5.12. The topological polar surface area (TPSA) is 117 Å². The van der Waals surface area contributed by atoms with Crippen LogP contribution in [0.3, 0.4) is 0 Å². The fraction of sp³-hybridized carbons (Fsp3) is 0.217. The number of nitrogens with zero attached hydrogens (tertiary/aromatic N) is 6. The molecule has 0 spiro atoms. The van der Waals surface area contributed by atoms with E-state index in [1.54, 1.807) is 35.2 Å². The molecule has 168 valence electrons. The predicted octanol–water partition coefficient (Wildman–Crippen LogP) is 2.02. The van der Waals surface area contributed by atoms with Crippen LogP contribution in [0.1, 0.15) is 23.2 Å². The summed E-state index contributed by atoms with van der Waals surface area (Å²) in [6, 6.07) is 13.9. The molecule has 0 atom stereocenters. The first-order chi connectivity index (χ1) is 16.0. The summed E-state index contributed by atoms with van der Waals surface area (Å²) in [7, 11) is 0. The molecule has 0 saturated carbocycles. The van der Waals surface area contributed by atoms with Crippen molar-refractivity contribution in [1.29, 1.82) is 0 Å². The first-order valence-corrected chi connectivity index (χ1v) is 10.5. The van der Waals surface area contributed by atoms with Crippen molar-refractivity contribution in [2.75, 3.05) is 13.2 Å². The van der Waals surface area contributed by atoms with Gasteiger partial charge in [-0.15, -0.1) is 10.2 Å². The van der Waals surface area contributed by atoms with Crippen LogP contribution in [-0.2, 0) is 6.54 Å². The summed E-state index contributed by atoms with van der Waals surface area (Å²) < 4.78 is 8.54. The van der Waals surface area contributed by atoms with E-state index in [9.17, 15) is 9.59 Å².